The summed E-state index contributed by atoms with van der Waals surface area (Å²) in [6.07, 6.45) is 4.96. The first-order chi connectivity index (χ1) is 11.2. The Bertz CT molecular complexity index is 668. The van der Waals surface area contributed by atoms with Crippen LogP contribution in [0.3, 0.4) is 0 Å². The van der Waals surface area contributed by atoms with Crippen LogP contribution in [0.15, 0.2) is 24.3 Å². The number of nitrogens with zero attached hydrogens (tertiary/aromatic N) is 3. The van der Waals surface area contributed by atoms with Crippen molar-refractivity contribution in [3.05, 3.63) is 41.7 Å². The van der Waals surface area contributed by atoms with Gasteiger partial charge < -0.3 is 15.2 Å². The Balaban J connectivity index is 1.40. The Morgan fingerprint density at radius 2 is 2.04 bits per heavy atom. The normalized spacial score (nSPS) is 13.4. The number of anilines is 1. The molecule has 2 amide bonds. The molecule has 0 spiro atoms. The fraction of sp³-hybridized carbons (Fsp3) is 0.438. The zero-order valence-corrected chi connectivity index (χ0v) is 12.9. The summed E-state index contributed by atoms with van der Waals surface area (Å²) >= 11 is 0. The molecule has 2 heterocycles. The summed E-state index contributed by atoms with van der Waals surface area (Å²) in [5.41, 5.74) is 0.565. The molecule has 0 radical (unpaired) electrons. The van der Waals surface area contributed by atoms with Crippen LogP contribution in [0.4, 0.5) is 14.9 Å². The van der Waals surface area contributed by atoms with E-state index in [1.807, 2.05) is 0 Å². The zero-order valence-electron chi connectivity index (χ0n) is 12.9. The lowest BCUT2D eigenvalue weighted by Crippen LogP contribution is -2.29. The second kappa shape index (κ2) is 7.21. The monoisotopic (exact) mass is 317 g/mol. The van der Waals surface area contributed by atoms with Gasteiger partial charge in [-0.2, -0.15) is 0 Å². The first-order valence-electron chi connectivity index (χ1n) is 7.94. The number of halogens is 1. The van der Waals surface area contributed by atoms with Crippen LogP contribution in [0, 0.1) is 5.82 Å². The van der Waals surface area contributed by atoms with Gasteiger partial charge in [-0.3, -0.25) is 0 Å². The van der Waals surface area contributed by atoms with Gasteiger partial charge in [-0.25, -0.2) is 9.18 Å². The van der Waals surface area contributed by atoms with Crippen LogP contribution >= 0.6 is 0 Å². The number of carbonyl (C=O) groups excluding carboxylic acids is 1. The Hall–Kier alpha value is -2.44. The van der Waals surface area contributed by atoms with E-state index in [2.05, 4.69) is 25.4 Å². The maximum absolute atomic E-state index is 12.8. The lowest BCUT2D eigenvalue weighted by atomic mass is 10.1. The van der Waals surface area contributed by atoms with Gasteiger partial charge in [0, 0.05) is 31.6 Å². The second-order valence-corrected chi connectivity index (χ2v) is 5.63. The number of aryl methyl sites for hydroxylation is 2. The maximum Gasteiger partial charge on any atom is 0.319 e. The fourth-order valence-electron chi connectivity index (χ4n) is 2.71. The van der Waals surface area contributed by atoms with Crippen LogP contribution in [-0.4, -0.2) is 27.3 Å². The summed E-state index contributed by atoms with van der Waals surface area (Å²) < 4.78 is 15.0. The van der Waals surface area contributed by atoms with Gasteiger partial charge in [-0.15, -0.1) is 10.2 Å². The Morgan fingerprint density at radius 3 is 2.87 bits per heavy atom. The standard InChI is InChI=1S/C16H20FN5O/c17-12-6-8-13(9-7-12)19-16(23)18-10-3-5-15-21-20-14-4-1-2-11-22(14)15/h6-9H,1-5,10-11H2,(H2,18,19,23). The number of amides is 2. The molecule has 0 saturated carbocycles. The number of hydrogen-bond donors (Lipinski definition) is 2. The molecule has 1 aromatic heterocycles. The van der Waals surface area contributed by atoms with Crippen molar-refractivity contribution in [1.29, 1.82) is 0 Å². The highest BCUT2D eigenvalue weighted by molar-refractivity contribution is 5.89. The smallest absolute Gasteiger partial charge is 0.319 e. The minimum Gasteiger partial charge on any atom is -0.338 e. The van der Waals surface area contributed by atoms with E-state index in [0.717, 1.165) is 37.5 Å². The number of hydrogen-bond acceptors (Lipinski definition) is 3. The van der Waals surface area contributed by atoms with Crippen LogP contribution in [-0.2, 0) is 19.4 Å². The third-order valence-electron chi connectivity index (χ3n) is 3.90. The number of carbonyl (C=O) groups is 1. The van der Waals surface area contributed by atoms with Gasteiger partial charge in [0.05, 0.1) is 0 Å². The molecule has 1 aliphatic heterocycles. The van der Waals surface area contributed by atoms with Gasteiger partial charge in [0.1, 0.15) is 17.5 Å². The number of fused-ring (bicyclic) bond motifs is 1. The average molecular weight is 317 g/mol. The molecule has 122 valence electrons. The topological polar surface area (TPSA) is 71.8 Å². The second-order valence-electron chi connectivity index (χ2n) is 5.63. The number of urea groups is 1. The molecule has 0 atom stereocenters. The van der Waals surface area contributed by atoms with Gasteiger partial charge in [0.25, 0.3) is 0 Å². The van der Waals surface area contributed by atoms with Gasteiger partial charge in [0.2, 0.25) is 0 Å². The van der Waals surface area contributed by atoms with Crippen molar-refractivity contribution in [2.75, 3.05) is 11.9 Å². The molecule has 0 saturated heterocycles. The van der Waals surface area contributed by atoms with Gasteiger partial charge >= 0.3 is 6.03 Å². The van der Waals surface area contributed by atoms with Gasteiger partial charge in [-0.05, 0) is 43.5 Å². The van der Waals surface area contributed by atoms with E-state index in [-0.39, 0.29) is 11.8 Å². The van der Waals surface area contributed by atoms with E-state index in [1.165, 1.54) is 37.1 Å². The van der Waals surface area contributed by atoms with E-state index in [9.17, 15) is 9.18 Å². The first kappa shape index (κ1) is 15.5. The van der Waals surface area contributed by atoms with Gasteiger partial charge in [0.15, 0.2) is 0 Å². The van der Waals surface area contributed by atoms with Crippen LogP contribution in [0.1, 0.15) is 30.9 Å². The molecule has 0 aliphatic carbocycles. The SMILES string of the molecule is O=C(NCCCc1nnc2n1CCCC2)Nc1ccc(F)cc1. The third kappa shape index (κ3) is 4.06. The van der Waals surface area contributed by atoms with E-state index in [1.54, 1.807) is 0 Å². The highest BCUT2D eigenvalue weighted by Gasteiger charge is 2.15. The molecular formula is C16H20FN5O. The number of rotatable bonds is 5. The molecular weight excluding hydrogens is 297 g/mol. The van der Waals surface area contributed by atoms with E-state index in [0.29, 0.717) is 12.2 Å². The predicted octanol–water partition coefficient (Wildman–Crippen LogP) is 2.51. The highest BCUT2D eigenvalue weighted by atomic mass is 19.1. The minimum atomic E-state index is -0.326. The lowest BCUT2D eigenvalue weighted by molar-refractivity contribution is 0.252. The van der Waals surface area contributed by atoms with Crippen molar-refractivity contribution in [2.24, 2.45) is 0 Å². The number of aromatic nitrogens is 3. The highest BCUT2D eigenvalue weighted by Crippen LogP contribution is 2.15. The quantitative estimate of drug-likeness (QED) is 0.832. The van der Waals surface area contributed by atoms with Crippen molar-refractivity contribution < 1.29 is 9.18 Å². The van der Waals surface area contributed by atoms with Crippen LogP contribution in [0.25, 0.3) is 0 Å². The zero-order chi connectivity index (χ0) is 16.1. The molecule has 0 unspecified atom stereocenters. The largest absolute Gasteiger partial charge is 0.338 e. The molecule has 6 nitrogen and oxygen atoms in total. The molecule has 0 fully saturated rings. The Morgan fingerprint density at radius 1 is 1.22 bits per heavy atom. The predicted molar refractivity (Wildman–Crippen MR) is 84.7 cm³/mol. The summed E-state index contributed by atoms with van der Waals surface area (Å²) in [5.74, 6) is 1.75. The molecule has 3 rings (SSSR count). The first-order valence-corrected chi connectivity index (χ1v) is 7.94. The molecule has 2 N–H and O–H groups in total. The Kier molecular flexibility index (Phi) is 4.85. The van der Waals surface area contributed by atoms with Crippen LogP contribution in [0.2, 0.25) is 0 Å². The molecule has 1 aromatic carbocycles. The summed E-state index contributed by atoms with van der Waals surface area (Å²) in [7, 11) is 0. The van der Waals surface area contributed by atoms with Crippen molar-refractivity contribution >= 4 is 11.7 Å². The molecule has 23 heavy (non-hydrogen) atoms. The minimum absolute atomic E-state index is 0.292. The average Bonchev–Trinajstić information content (AvgIpc) is 2.97. The molecule has 2 aromatic rings. The van der Waals surface area contributed by atoms with Crippen molar-refractivity contribution in [1.82, 2.24) is 20.1 Å². The molecule has 0 bridgehead atoms. The van der Waals surface area contributed by atoms with Crippen molar-refractivity contribution in [3.8, 4) is 0 Å². The number of nitrogens with one attached hydrogen (secondary N) is 2. The van der Waals surface area contributed by atoms with Gasteiger partial charge in [-0.1, -0.05) is 0 Å². The summed E-state index contributed by atoms with van der Waals surface area (Å²) in [5, 5.41) is 13.9. The summed E-state index contributed by atoms with van der Waals surface area (Å²) in [6, 6.07) is 5.38. The lowest BCUT2D eigenvalue weighted by Gasteiger charge is -2.14. The third-order valence-corrected chi connectivity index (χ3v) is 3.90. The maximum atomic E-state index is 12.8. The van der Waals surface area contributed by atoms with E-state index < -0.39 is 0 Å². The number of benzene rings is 1. The molecule has 1 aliphatic rings. The van der Waals surface area contributed by atoms with E-state index >= 15 is 0 Å². The summed E-state index contributed by atoms with van der Waals surface area (Å²) in [6.45, 7) is 1.55. The fourth-order valence-corrected chi connectivity index (χ4v) is 2.71. The van der Waals surface area contributed by atoms with Crippen LogP contribution < -0.4 is 10.6 Å². The van der Waals surface area contributed by atoms with E-state index in [4.69, 9.17) is 0 Å². The van der Waals surface area contributed by atoms with Crippen molar-refractivity contribution in [3.63, 3.8) is 0 Å². The van der Waals surface area contributed by atoms with Crippen LogP contribution in [0.5, 0.6) is 0 Å². The molecule has 7 heteroatoms. The van der Waals surface area contributed by atoms with Crippen molar-refractivity contribution in [2.45, 2.75) is 38.6 Å². The Labute approximate surface area is 134 Å². The summed E-state index contributed by atoms with van der Waals surface area (Å²) in [4.78, 5) is 11.7.